The number of pyridine rings is 1. The van der Waals surface area contributed by atoms with E-state index in [9.17, 15) is 0 Å². The number of nitriles is 1. The Balaban J connectivity index is 1.51. The highest BCUT2D eigenvalue weighted by Crippen LogP contribution is 2.28. The second kappa shape index (κ2) is 6.39. The molecule has 0 aromatic carbocycles. The predicted octanol–water partition coefficient (Wildman–Crippen LogP) is 2.02. The van der Waals surface area contributed by atoms with Crippen LogP contribution in [-0.4, -0.2) is 34.3 Å². The second-order valence-electron chi connectivity index (χ2n) is 5.57. The molecule has 0 amide bonds. The van der Waals surface area contributed by atoms with Crippen LogP contribution in [0.5, 0.6) is 0 Å². The minimum atomic E-state index is 0.226. The average molecular weight is 325 g/mol. The summed E-state index contributed by atoms with van der Waals surface area (Å²) in [4.78, 5) is 8.31. The number of hydrogen-bond donors (Lipinski definition) is 1. The Hall–Kier alpha value is -2.76. The highest BCUT2D eigenvalue weighted by Gasteiger charge is 2.18. The van der Waals surface area contributed by atoms with Crippen LogP contribution in [0, 0.1) is 11.3 Å². The molecule has 0 atom stereocenters. The first-order valence-electron chi connectivity index (χ1n) is 7.77. The van der Waals surface area contributed by atoms with Crippen molar-refractivity contribution in [2.75, 3.05) is 13.1 Å². The number of ether oxygens (including phenoxy) is 1. The molecule has 122 valence electrons. The van der Waals surface area contributed by atoms with Crippen LogP contribution in [0.1, 0.15) is 24.4 Å². The van der Waals surface area contributed by atoms with E-state index in [-0.39, 0.29) is 12.0 Å². The molecule has 0 radical (unpaired) electrons. The molecular weight excluding hydrogens is 310 g/mol. The number of nitrogens with one attached hydrogen (secondary N) is 1. The van der Waals surface area contributed by atoms with Crippen LogP contribution in [0.3, 0.4) is 0 Å². The fourth-order valence-electron chi connectivity index (χ4n) is 2.72. The zero-order chi connectivity index (χ0) is 16.4. The Morgan fingerprint density at radius 2 is 2.25 bits per heavy atom. The van der Waals surface area contributed by atoms with Gasteiger partial charge in [0, 0.05) is 12.3 Å². The van der Waals surface area contributed by atoms with Crippen molar-refractivity contribution >= 4 is 11.0 Å². The van der Waals surface area contributed by atoms with Crippen LogP contribution in [0.4, 0.5) is 0 Å². The number of fused-ring (bicyclic) bond motifs is 1. The van der Waals surface area contributed by atoms with Gasteiger partial charge in [-0.1, -0.05) is 5.16 Å². The summed E-state index contributed by atoms with van der Waals surface area (Å²) in [5, 5.41) is 16.9. The minimum Gasteiger partial charge on any atom is -0.451 e. The molecule has 1 fully saturated rings. The molecule has 1 aliphatic rings. The number of hydrogen-bond acceptors (Lipinski definition) is 8. The van der Waals surface area contributed by atoms with E-state index in [4.69, 9.17) is 18.9 Å². The maximum Gasteiger partial charge on any atom is 0.293 e. The zero-order valence-electron chi connectivity index (χ0n) is 12.9. The van der Waals surface area contributed by atoms with Crippen molar-refractivity contribution in [3.63, 3.8) is 0 Å². The third-order valence-corrected chi connectivity index (χ3v) is 3.96. The summed E-state index contributed by atoms with van der Waals surface area (Å²) in [7, 11) is 0. The van der Waals surface area contributed by atoms with Crippen molar-refractivity contribution in [3.05, 3.63) is 29.8 Å². The molecule has 0 spiro atoms. The minimum absolute atomic E-state index is 0.226. The van der Waals surface area contributed by atoms with Crippen LogP contribution in [0.25, 0.3) is 22.6 Å². The summed E-state index contributed by atoms with van der Waals surface area (Å²) in [5.41, 5.74) is 0.860. The van der Waals surface area contributed by atoms with E-state index >= 15 is 0 Å². The van der Waals surface area contributed by atoms with Gasteiger partial charge in [0.25, 0.3) is 5.89 Å². The highest BCUT2D eigenvalue weighted by molar-refractivity contribution is 5.85. The summed E-state index contributed by atoms with van der Waals surface area (Å²) in [6, 6.07) is 5.41. The van der Waals surface area contributed by atoms with Crippen molar-refractivity contribution in [1.82, 2.24) is 20.4 Å². The Kier molecular flexibility index (Phi) is 3.94. The fourth-order valence-corrected chi connectivity index (χ4v) is 2.72. The number of piperidine rings is 1. The molecule has 4 rings (SSSR count). The Bertz CT molecular complexity index is 889. The van der Waals surface area contributed by atoms with E-state index in [0.717, 1.165) is 25.9 Å². The van der Waals surface area contributed by atoms with Crippen LogP contribution in [-0.2, 0) is 11.3 Å². The van der Waals surface area contributed by atoms with Crippen molar-refractivity contribution in [1.29, 1.82) is 5.26 Å². The topological polar surface area (TPSA) is 110 Å². The van der Waals surface area contributed by atoms with E-state index in [1.54, 1.807) is 12.1 Å². The molecule has 1 saturated heterocycles. The van der Waals surface area contributed by atoms with Gasteiger partial charge in [-0.05, 0) is 32.0 Å². The Morgan fingerprint density at radius 1 is 1.38 bits per heavy atom. The molecule has 24 heavy (non-hydrogen) atoms. The molecule has 3 aromatic rings. The van der Waals surface area contributed by atoms with Crippen LogP contribution in [0.15, 0.2) is 27.3 Å². The summed E-state index contributed by atoms with van der Waals surface area (Å²) >= 11 is 0. The van der Waals surface area contributed by atoms with Crippen LogP contribution < -0.4 is 5.32 Å². The molecule has 0 saturated carbocycles. The zero-order valence-corrected chi connectivity index (χ0v) is 12.9. The Morgan fingerprint density at radius 3 is 3.08 bits per heavy atom. The first-order chi connectivity index (χ1) is 11.8. The molecule has 0 unspecified atom stereocenters. The van der Waals surface area contributed by atoms with Gasteiger partial charge >= 0.3 is 0 Å². The molecule has 0 bridgehead atoms. The number of aromatic nitrogens is 3. The second-order valence-corrected chi connectivity index (χ2v) is 5.57. The van der Waals surface area contributed by atoms with Crippen molar-refractivity contribution in [3.8, 4) is 17.7 Å². The third kappa shape index (κ3) is 2.87. The van der Waals surface area contributed by atoms with Gasteiger partial charge in [-0.15, -0.1) is 0 Å². The lowest BCUT2D eigenvalue weighted by Gasteiger charge is -2.22. The van der Waals surface area contributed by atoms with E-state index in [0.29, 0.717) is 34.9 Å². The maximum atomic E-state index is 9.09. The summed E-state index contributed by atoms with van der Waals surface area (Å²) in [6.07, 6.45) is 3.72. The van der Waals surface area contributed by atoms with Crippen molar-refractivity contribution in [2.24, 2.45) is 0 Å². The lowest BCUT2D eigenvalue weighted by Crippen LogP contribution is -2.32. The van der Waals surface area contributed by atoms with Crippen LogP contribution in [0.2, 0.25) is 0 Å². The van der Waals surface area contributed by atoms with Gasteiger partial charge in [0.15, 0.2) is 17.3 Å². The largest absolute Gasteiger partial charge is 0.451 e. The van der Waals surface area contributed by atoms with Crippen molar-refractivity contribution in [2.45, 2.75) is 25.6 Å². The average Bonchev–Trinajstić information content (AvgIpc) is 3.27. The SMILES string of the molecule is N#Cc1nccc2oc(-c3nc(COC4CCNCC4)no3)cc12. The quantitative estimate of drug-likeness (QED) is 0.775. The fraction of sp³-hybridized carbons (Fsp3) is 0.375. The van der Waals surface area contributed by atoms with Gasteiger partial charge in [0.05, 0.1) is 11.5 Å². The first kappa shape index (κ1) is 14.8. The van der Waals surface area contributed by atoms with Gasteiger partial charge in [0.1, 0.15) is 18.3 Å². The van der Waals surface area contributed by atoms with E-state index in [1.165, 1.54) is 6.20 Å². The van der Waals surface area contributed by atoms with Gasteiger partial charge in [-0.2, -0.15) is 10.2 Å². The Labute approximate surface area is 137 Å². The smallest absolute Gasteiger partial charge is 0.293 e. The highest BCUT2D eigenvalue weighted by atomic mass is 16.5. The maximum absolute atomic E-state index is 9.09. The van der Waals surface area contributed by atoms with E-state index < -0.39 is 0 Å². The summed E-state index contributed by atoms with van der Waals surface area (Å²) in [5.74, 6) is 1.15. The lowest BCUT2D eigenvalue weighted by molar-refractivity contribution is 0.0170. The van der Waals surface area contributed by atoms with E-state index in [2.05, 4.69) is 20.4 Å². The number of nitrogens with zero attached hydrogens (tertiary/aromatic N) is 4. The standard InChI is InChI=1S/C16H15N5O3/c17-8-12-11-7-14(23-13(11)3-6-19-12)16-20-15(21-24-16)9-22-10-1-4-18-5-2-10/h3,6-7,10,18H,1-2,4-5,9H2. The molecule has 0 aliphatic carbocycles. The van der Waals surface area contributed by atoms with E-state index in [1.807, 2.05) is 6.07 Å². The monoisotopic (exact) mass is 325 g/mol. The van der Waals surface area contributed by atoms with Crippen molar-refractivity contribution < 1.29 is 13.7 Å². The molecule has 8 heteroatoms. The molecular formula is C16H15N5O3. The third-order valence-electron chi connectivity index (χ3n) is 3.96. The molecule has 8 nitrogen and oxygen atoms in total. The van der Waals surface area contributed by atoms with Gasteiger partial charge < -0.3 is 19.0 Å². The lowest BCUT2D eigenvalue weighted by atomic mass is 10.1. The predicted molar refractivity (Wildman–Crippen MR) is 82.7 cm³/mol. The van der Waals surface area contributed by atoms with Gasteiger partial charge in [0.2, 0.25) is 0 Å². The normalized spacial score (nSPS) is 15.6. The number of furan rings is 1. The molecule has 3 aromatic heterocycles. The molecule has 1 N–H and O–H groups in total. The summed E-state index contributed by atoms with van der Waals surface area (Å²) < 4.78 is 16.7. The number of rotatable bonds is 4. The van der Waals surface area contributed by atoms with Crippen LogP contribution >= 0.6 is 0 Å². The molecule has 1 aliphatic heterocycles. The van der Waals surface area contributed by atoms with Gasteiger partial charge in [-0.25, -0.2) is 4.98 Å². The van der Waals surface area contributed by atoms with Gasteiger partial charge in [-0.3, -0.25) is 0 Å². The summed E-state index contributed by atoms with van der Waals surface area (Å²) in [6.45, 7) is 2.24. The first-order valence-corrected chi connectivity index (χ1v) is 7.77. The molecule has 4 heterocycles.